The molecule has 0 saturated carbocycles. The van der Waals surface area contributed by atoms with E-state index in [1.807, 2.05) is 11.6 Å². The molecule has 3 unspecified atom stereocenters. The highest BCUT2D eigenvalue weighted by molar-refractivity contribution is 8.02. The molecule has 3 atom stereocenters. The van der Waals surface area contributed by atoms with Gasteiger partial charge >= 0.3 is 0 Å². The molecule has 3 nitrogen and oxygen atoms in total. The first-order valence-electron chi connectivity index (χ1n) is 5.84. The van der Waals surface area contributed by atoms with E-state index < -0.39 is 0 Å². The van der Waals surface area contributed by atoms with Crippen LogP contribution in [0.1, 0.15) is 32.1 Å². The van der Waals surface area contributed by atoms with Gasteiger partial charge in [-0.05, 0) is 37.6 Å². The van der Waals surface area contributed by atoms with Crippen LogP contribution in [0, 0.1) is 0 Å². The predicted molar refractivity (Wildman–Crippen MR) is 64.5 cm³/mol. The zero-order chi connectivity index (χ0) is 10.5. The summed E-state index contributed by atoms with van der Waals surface area (Å²) in [5.74, 6) is 0. The molecular weight excluding hydrogens is 208 g/mol. The molecule has 0 aromatic carbocycles. The van der Waals surface area contributed by atoms with Crippen LogP contribution >= 0.6 is 11.8 Å². The van der Waals surface area contributed by atoms with Gasteiger partial charge in [-0.1, -0.05) is 6.42 Å². The van der Waals surface area contributed by atoms with Gasteiger partial charge < -0.3 is 15.7 Å². The van der Waals surface area contributed by atoms with Gasteiger partial charge in [-0.3, -0.25) is 0 Å². The number of piperidine rings is 1. The maximum atomic E-state index is 9.93. The van der Waals surface area contributed by atoms with Crippen LogP contribution in [0.4, 0.5) is 0 Å². The molecular formula is C11H20N2OS. The van der Waals surface area contributed by atoms with Crippen molar-refractivity contribution in [2.45, 2.75) is 49.6 Å². The Balaban J connectivity index is 1.63. The lowest BCUT2D eigenvalue weighted by molar-refractivity contribution is 0.146. The maximum Gasteiger partial charge on any atom is 0.102 e. The third-order valence-electron chi connectivity index (χ3n) is 3.13. The number of nitrogens with one attached hydrogen (secondary N) is 2. The number of hydrogen-bond acceptors (Lipinski definition) is 4. The summed E-state index contributed by atoms with van der Waals surface area (Å²) < 4.78 is 0. The summed E-state index contributed by atoms with van der Waals surface area (Å²) in [6.07, 6.45) is 7.60. The van der Waals surface area contributed by atoms with Gasteiger partial charge in [0.2, 0.25) is 0 Å². The van der Waals surface area contributed by atoms with Crippen molar-refractivity contribution < 1.29 is 5.11 Å². The van der Waals surface area contributed by atoms with Crippen LogP contribution in [-0.2, 0) is 0 Å². The monoisotopic (exact) mass is 228 g/mol. The Morgan fingerprint density at radius 2 is 2.40 bits per heavy atom. The molecule has 0 radical (unpaired) electrons. The Hall–Kier alpha value is -0.190. The second-order valence-corrected chi connectivity index (χ2v) is 5.37. The van der Waals surface area contributed by atoms with Gasteiger partial charge in [-0.2, -0.15) is 0 Å². The lowest BCUT2D eigenvalue weighted by atomic mass is 9.99. The SMILES string of the molecule is OC(CCC1CCCCN1)C1NC=CS1. The maximum absolute atomic E-state index is 9.93. The van der Waals surface area contributed by atoms with E-state index >= 15 is 0 Å². The molecule has 86 valence electrons. The number of hydrogen-bond donors (Lipinski definition) is 3. The van der Waals surface area contributed by atoms with E-state index in [0.29, 0.717) is 6.04 Å². The quantitative estimate of drug-likeness (QED) is 0.680. The molecule has 0 aromatic rings. The minimum Gasteiger partial charge on any atom is -0.390 e. The Labute approximate surface area is 95.7 Å². The summed E-state index contributed by atoms with van der Waals surface area (Å²) in [5, 5.41) is 18.8. The first-order chi connectivity index (χ1) is 7.36. The van der Waals surface area contributed by atoms with Gasteiger partial charge in [0.15, 0.2) is 0 Å². The van der Waals surface area contributed by atoms with Crippen molar-refractivity contribution >= 4 is 11.8 Å². The van der Waals surface area contributed by atoms with E-state index in [1.165, 1.54) is 19.3 Å². The third kappa shape index (κ3) is 3.40. The first kappa shape index (κ1) is 11.3. The van der Waals surface area contributed by atoms with Gasteiger partial charge in [0.25, 0.3) is 0 Å². The minimum atomic E-state index is -0.228. The molecule has 1 saturated heterocycles. The molecule has 1 fully saturated rings. The van der Waals surface area contributed by atoms with Gasteiger partial charge in [0.05, 0.1) is 6.10 Å². The fourth-order valence-electron chi connectivity index (χ4n) is 2.19. The molecule has 3 N–H and O–H groups in total. The second kappa shape index (κ2) is 5.77. The van der Waals surface area contributed by atoms with E-state index in [2.05, 4.69) is 10.6 Å². The largest absolute Gasteiger partial charge is 0.390 e. The average Bonchev–Trinajstić information content (AvgIpc) is 2.81. The van der Waals surface area contributed by atoms with Gasteiger partial charge in [0, 0.05) is 12.2 Å². The normalized spacial score (nSPS) is 32.6. The summed E-state index contributed by atoms with van der Waals surface area (Å²) in [4.78, 5) is 0. The molecule has 15 heavy (non-hydrogen) atoms. The Morgan fingerprint density at radius 1 is 1.47 bits per heavy atom. The Morgan fingerprint density at radius 3 is 3.07 bits per heavy atom. The van der Waals surface area contributed by atoms with Gasteiger partial charge in [0.1, 0.15) is 5.37 Å². The van der Waals surface area contributed by atoms with Crippen molar-refractivity contribution in [3.05, 3.63) is 11.6 Å². The van der Waals surface area contributed by atoms with Crippen molar-refractivity contribution in [1.29, 1.82) is 0 Å². The zero-order valence-electron chi connectivity index (χ0n) is 8.98. The first-order valence-corrected chi connectivity index (χ1v) is 6.78. The van der Waals surface area contributed by atoms with E-state index in [4.69, 9.17) is 0 Å². The number of rotatable bonds is 4. The minimum absolute atomic E-state index is 0.175. The summed E-state index contributed by atoms with van der Waals surface area (Å²) in [6, 6.07) is 0.632. The van der Waals surface area contributed by atoms with Crippen molar-refractivity contribution in [3.8, 4) is 0 Å². The van der Waals surface area contributed by atoms with Crippen molar-refractivity contribution in [1.82, 2.24) is 10.6 Å². The zero-order valence-corrected chi connectivity index (χ0v) is 9.80. The standard InChI is InChI=1S/C11H20N2OS/c14-10(11-13-7-8-15-11)5-4-9-3-1-2-6-12-9/h7-14H,1-6H2. The Bertz CT molecular complexity index is 209. The highest BCUT2D eigenvalue weighted by Gasteiger charge is 2.22. The number of aliphatic hydroxyl groups excluding tert-OH is 1. The molecule has 2 aliphatic heterocycles. The molecule has 0 bridgehead atoms. The van der Waals surface area contributed by atoms with Gasteiger partial charge in [-0.15, -0.1) is 11.8 Å². The van der Waals surface area contributed by atoms with Crippen LogP contribution < -0.4 is 10.6 Å². The molecule has 4 heteroatoms. The molecule has 2 aliphatic rings. The summed E-state index contributed by atoms with van der Waals surface area (Å²) >= 11 is 1.67. The van der Waals surface area contributed by atoms with Gasteiger partial charge in [-0.25, -0.2) is 0 Å². The fraction of sp³-hybridized carbons (Fsp3) is 0.818. The summed E-state index contributed by atoms with van der Waals surface area (Å²) in [5.41, 5.74) is 0. The lowest BCUT2D eigenvalue weighted by Crippen LogP contribution is -2.37. The molecule has 0 spiro atoms. The van der Waals surface area contributed by atoms with E-state index in [9.17, 15) is 5.11 Å². The van der Waals surface area contributed by atoms with Crippen LogP contribution in [0.5, 0.6) is 0 Å². The highest BCUT2D eigenvalue weighted by Crippen LogP contribution is 2.22. The number of thioether (sulfide) groups is 1. The second-order valence-electron chi connectivity index (χ2n) is 4.32. The van der Waals surface area contributed by atoms with E-state index in [-0.39, 0.29) is 11.5 Å². The third-order valence-corrected chi connectivity index (χ3v) is 4.16. The number of aliphatic hydroxyl groups is 1. The van der Waals surface area contributed by atoms with Crippen LogP contribution in [0.3, 0.4) is 0 Å². The van der Waals surface area contributed by atoms with Crippen molar-refractivity contribution in [2.24, 2.45) is 0 Å². The summed E-state index contributed by atoms with van der Waals surface area (Å²) in [6.45, 7) is 1.15. The fourth-order valence-corrected chi connectivity index (χ4v) is 2.99. The average molecular weight is 228 g/mol. The Kier molecular flexibility index (Phi) is 4.35. The smallest absolute Gasteiger partial charge is 0.102 e. The predicted octanol–water partition coefficient (Wildman–Crippen LogP) is 1.40. The van der Waals surface area contributed by atoms with Crippen LogP contribution in [0.2, 0.25) is 0 Å². The van der Waals surface area contributed by atoms with Crippen LogP contribution in [-0.4, -0.2) is 29.2 Å². The molecule has 0 amide bonds. The molecule has 0 aromatic heterocycles. The summed E-state index contributed by atoms with van der Waals surface area (Å²) in [7, 11) is 0. The van der Waals surface area contributed by atoms with Crippen molar-refractivity contribution in [2.75, 3.05) is 6.54 Å². The van der Waals surface area contributed by atoms with Crippen molar-refractivity contribution in [3.63, 3.8) is 0 Å². The van der Waals surface area contributed by atoms with E-state index in [1.54, 1.807) is 11.8 Å². The molecule has 2 heterocycles. The van der Waals surface area contributed by atoms with Crippen LogP contribution in [0.15, 0.2) is 11.6 Å². The lowest BCUT2D eigenvalue weighted by Gasteiger charge is -2.25. The topological polar surface area (TPSA) is 44.3 Å². The highest BCUT2D eigenvalue weighted by atomic mass is 32.2. The van der Waals surface area contributed by atoms with E-state index in [0.717, 1.165) is 19.4 Å². The molecule has 2 rings (SSSR count). The van der Waals surface area contributed by atoms with Crippen LogP contribution in [0.25, 0.3) is 0 Å². The molecule has 0 aliphatic carbocycles.